The van der Waals surface area contributed by atoms with Crippen LogP contribution in [0.25, 0.3) is 0 Å². The molecule has 2 heterocycles. The highest BCUT2D eigenvalue weighted by Gasteiger charge is 2.54. The third-order valence-corrected chi connectivity index (χ3v) is 11.6. The highest BCUT2D eigenvalue weighted by atomic mass is 16.6. The molecule has 2 fully saturated rings. The quantitative estimate of drug-likeness (QED) is 0.131. The van der Waals surface area contributed by atoms with E-state index in [0.717, 1.165) is 29.8 Å². The van der Waals surface area contributed by atoms with E-state index < -0.39 is 40.4 Å². The molecule has 0 aliphatic carbocycles. The Hall–Kier alpha value is -2.90. The Morgan fingerprint density at radius 3 is 1.29 bits per heavy atom. The number of hydrogen-bond acceptors (Lipinski definition) is 7. The van der Waals surface area contributed by atoms with Crippen LogP contribution in [0.4, 0.5) is 0 Å². The van der Waals surface area contributed by atoms with E-state index in [9.17, 15) is 14.7 Å². The van der Waals surface area contributed by atoms with Gasteiger partial charge >= 0.3 is 11.9 Å². The second-order valence-corrected chi connectivity index (χ2v) is 20.2. The summed E-state index contributed by atoms with van der Waals surface area (Å²) >= 11 is 0. The number of benzene rings is 1. The average molecular weight is 721 g/mol. The molecule has 1 aromatic carbocycles. The van der Waals surface area contributed by atoms with E-state index >= 15 is 0 Å². The summed E-state index contributed by atoms with van der Waals surface area (Å²) in [5.74, 6) is -0.928. The molecule has 52 heavy (non-hydrogen) atoms. The van der Waals surface area contributed by atoms with Crippen LogP contribution in [0.1, 0.15) is 146 Å². The van der Waals surface area contributed by atoms with Crippen LogP contribution in [0.15, 0.2) is 50.1 Å². The first-order valence-electron chi connectivity index (χ1n) is 19.3. The Morgan fingerprint density at radius 2 is 1.02 bits per heavy atom. The summed E-state index contributed by atoms with van der Waals surface area (Å²) < 4.78 is 13.1. The lowest BCUT2D eigenvalue weighted by Gasteiger charge is -2.55. The van der Waals surface area contributed by atoms with E-state index in [1.807, 2.05) is 24.3 Å². The van der Waals surface area contributed by atoms with Gasteiger partial charge in [0.1, 0.15) is 18.0 Å². The Labute approximate surface area is 316 Å². The molecule has 0 aromatic heterocycles. The summed E-state index contributed by atoms with van der Waals surface area (Å²) in [6.07, 6.45) is 7.19. The summed E-state index contributed by atoms with van der Waals surface area (Å²) in [6.45, 7) is 43.2. The van der Waals surface area contributed by atoms with Crippen LogP contribution >= 0.6 is 0 Å². The number of aromatic hydroxyl groups is 1. The fourth-order valence-electron chi connectivity index (χ4n) is 9.40. The number of ether oxygens (including phenoxy) is 2. The van der Waals surface area contributed by atoms with E-state index in [0.29, 0.717) is 25.7 Å². The molecule has 0 saturated carbocycles. The summed E-state index contributed by atoms with van der Waals surface area (Å²) in [6, 6.07) is 3.89. The lowest BCUT2D eigenvalue weighted by atomic mass is 9.73. The molecule has 2 aliphatic rings. The van der Waals surface area contributed by atoms with Gasteiger partial charge < -0.3 is 14.6 Å². The number of carbonyl (C=O) groups excluding carboxylic acids is 2. The molecule has 0 radical (unpaired) electrons. The highest BCUT2D eigenvalue weighted by molar-refractivity contribution is 6.01. The van der Waals surface area contributed by atoms with Crippen molar-refractivity contribution in [2.24, 2.45) is 5.41 Å². The van der Waals surface area contributed by atoms with Crippen molar-refractivity contribution in [3.63, 3.8) is 0 Å². The van der Waals surface area contributed by atoms with Gasteiger partial charge in [0.05, 0.1) is 0 Å². The van der Waals surface area contributed by atoms with E-state index in [1.54, 1.807) is 6.08 Å². The minimum atomic E-state index is -1.69. The van der Waals surface area contributed by atoms with Crippen LogP contribution in [0.3, 0.4) is 0 Å². The molecule has 0 atom stereocenters. The van der Waals surface area contributed by atoms with E-state index in [2.05, 4.69) is 126 Å². The minimum absolute atomic E-state index is 0.0471. The lowest BCUT2D eigenvalue weighted by Crippen LogP contribution is -2.63. The van der Waals surface area contributed by atoms with Gasteiger partial charge in [-0.25, -0.2) is 0 Å². The van der Waals surface area contributed by atoms with Crippen molar-refractivity contribution in [2.45, 2.75) is 181 Å². The fraction of sp³-hybridized carbons (Fsp3) is 0.689. The summed E-state index contributed by atoms with van der Waals surface area (Å²) in [4.78, 5) is 34.8. The van der Waals surface area contributed by atoms with Crippen LogP contribution in [-0.2, 0) is 36.3 Å². The largest absolute Gasteiger partial charge is 0.507 e. The molecular weight excluding hydrogens is 649 g/mol. The number of carbonyl (C=O) groups is 2. The van der Waals surface area contributed by atoms with Gasteiger partial charge in [0.15, 0.2) is 5.41 Å². The number of rotatable bonds is 12. The number of allylic oxidation sites excluding steroid dienone is 1. The van der Waals surface area contributed by atoms with E-state index in [4.69, 9.17) is 9.47 Å². The van der Waals surface area contributed by atoms with E-state index in [-0.39, 0.29) is 40.7 Å². The van der Waals surface area contributed by atoms with E-state index in [1.165, 1.54) is 0 Å². The number of hydrogen-bond donors (Lipinski definition) is 1. The third-order valence-electron chi connectivity index (χ3n) is 11.6. The first kappa shape index (κ1) is 43.5. The van der Waals surface area contributed by atoms with Crippen LogP contribution < -0.4 is 0 Å². The molecule has 0 bridgehead atoms. The first-order valence-corrected chi connectivity index (χ1v) is 19.3. The molecule has 2 aliphatic heterocycles. The van der Waals surface area contributed by atoms with Crippen molar-refractivity contribution in [2.75, 3.05) is 13.1 Å². The van der Waals surface area contributed by atoms with Gasteiger partial charge in [-0.2, -0.15) is 0 Å². The standard InChI is InChI=1S/C45H72N2O5/c1-18-21-45(26-31-24-34(39(4,5)6)36(48)35(25-31)40(7,8)9,37(49)51-32-27-41(10,11)46(22-19-2)42(12,13)28-32)38(50)52-33-29-43(14,15)47(23-20-3)44(16,17)30-33/h18-20,24-25,32-33,48H,1-3,21-23,26-30H2,4-17H3. The predicted octanol–water partition coefficient (Wildman–Crippen LogP) is 9.59. The molecular formula is C45H72N2O5. The zero-order chi connectivity index (χ0) is 39.9. The van der Waals surface area contributed by atoms with Gasteiger partial charge in [0.2, 0.25) is 0 Å². The van der Waals surface area contributed by atoms with Gasteiger partial charge in [-0.05, 0) is 95.8 Å². The summed E-state index contributed by atoms with van der Waals surface area (Å²) in [5, 5.41) is 11.5. The third kappa shape index (κ3) is 9.24. The number of phenolic OH excluding ortho intramolecular Hbond substituents is 1. The van der Waals surface area contributed by atoms with Crippen molar-refractivity contribution in [3.8, 4) is 5.75 Å². The molecule has 1 aromatic rings. The normalized spacial score (nSPS) is 21.3. The number of esters is 2. The van der Waals surface area contributed by atoms with Crippen LogP contribution in [0.2, 0.25) is 0 Å². The molecule has 0 spiro atoms. The van der Waals surface area contributed by atoms with Crippen molar-refractivity contribution in [3.05, 3.63) is 66.8 Å². The van der Waals surface area contributed by atoms with Gasteiger partial charge in [-0.3, -0.25) is 19.4 Å². The molecule has 7 nitrogen and oxygen atoms in total. The maximum Gasteiger partial charge on any atom is 0.324 e. The van der Waals surface area contributed by atoms with Gasteiger partial charge in [0, 0.05) is 60.9 Å². The van der Waals surface area contributed by atoms with Crippen molar-refractivity contribution >= 4 is 11.9 Å². The zero-order valence-electron chi connectivity index (χ0n) is 35.3. The topological polar surface area (TPSA) is 79.3 Å². The number of piperidine rings is 2. The van der Waals surface area contributed by atoms with Crippen molar-refractivity contribution < 1.29 is 24.2 Å². The van der Waals surface area contributed by atoms with Crippen LogP contribution in [0, 0.1) is 5.41 Å². The number of likely N-dealkylation sites (tertiary alicyclic amines) is 2. The predicted molar refractivity (Wildman–Crippen MR) is 215 cm³/mol. The first-order chi connectivity index (χ1) is 23.6. The number of phenols is 1. The number of nitrogens with zero attached hydrogens (tertiary/aromatic N) is 2. The fourth-order valence-corrected chi connectivity index (χ4v) is 9.40. The minimum Gasteiger partial charge on any atom is -0.507 e. The van der Waals surface area contributed by atoms with Crippen LogP contribution in [0.5, 0.6) is 5.75 Å². The molecule has 7 heteroatoms. The second kappa shape index (κ2) is 15.1. The van der Waals surface area contributed by atoms with Crippen molar-refractivity contribution in [1.29, 1.82) is 0 Å². The SMILES string of the molecule is C=CCN1C(C)(C)CC(OC(=O)C(CC=C)(Cc2cc(C(C)(C)C)c(O)c(C(C)(C)C)c2)C(=O)OC2CC(C)(C)N(CC=C)C(C)(C)C2)CC1(C)C. The maximum atomic E-state index is 15.0. The Bertz CT molecular complexity index is 1370. The molecule has 3 rings (SSSR count). The summed E-state index contributed by atoms with van der Waals surface area (Å²) in [7, 11) is 0. The zero-order valence-corrected chi connectivity index (χ0v) is 35.3. The summed E-state index contributed by atoms with van der Waals surface area (Å²) in [5.41, 5.74) is -1.30. The van der Waals surface area contributed by atoms with Gasteiger partial charge in [-0.15, -0.1) is 19.7 Å². The average Bonchev–Trinajstić information content (AvgIpc) is 2.95. The van der Waals surface area contributed by atoms with Gasteiger partial charge in [0.25, 0.3) is 0 Å². The lowest BCUT2D eigenvalue weighted by molar-refractivity contribution is -0.188. The van der Waals surface area contributed by atoms with Gasteiger partial charge in [-0.1, -0.05) is 71.9 Å². The molecule has 292 valence electrons. The molecule has 2 saturated heterocycles. The molecule has 0 unspecified atom stereocenters. The smallest absolute Gasteiger partial charge is 0.324 e. The van der Waals surface area contributed by atoms with Crippen molar-refractivity contribution in [1.82, 2.24) is 9.80 Å². The Morgan fingerprint density at radius 1 is 0.692 bits per heavy atom. The Kier molecular flexibility index (Phi) is 12.6. The molecule has 0 amide bonds. The highest BCUT2D eigenvalue weighted by Crippen LogP contribution is 2.45. The van der Waals surface area contributed by atoms with Crippen LogP contribution in [-0.4, -0.2) is 74.3 Å². The monoisotopic (exact) mass is 721 g/mol. The Balaban J connectivity index is 2.18. The molecule has 1 N–H and O–H groups in total. The maximum absolute atomic E-state index is 15.0. The second-order valence-electron chi connectivity index (χ2n) is 20.2.